The summed E-state index contributed by atoms with van der Waals surface area (Å²) in [5, 5.41) is 2.11. The third-order valence-electron chi connectivity index (χ3n) is 2.69. The summed E-state index contributed by atoms with van der Waals surface area (Å²) in [6.07, 6.45) is 0.198. The molecular weight excluding hydrogens is 264 g/mol. The second kappa shape index (κ2) is 6.20. The van der Waals surface area contributed by atoms with Gasteiger partial charge in [-0.05, 0) is 16.3 Å². The van der Waals surface area contributed by atoms with Crippen LogP contribution in [-0.2, 0) is 16.0 Å². The van der Waals surface area contributed by atoms with Gasteiger partial charge in [0.05, 0.1) is 6.42 Å². The molecule has 4 nitrogen and oxygen atoms in total. The molecule has 2 aromatic rings. The van der Waals surface area contributed by atoms with Crippen molar-refractivity contribution in [3.8, 4) is 0 Å². The van der Waals surface area contributed by atoms with Gasteiger partial charge in [-0.3, -0.25) is 20.4 Å². The summed E-state index contributed by atoms with van der Waals surface area (Å²) in [5.74, 6) is -0.906. The average molecular weight is 277 g/mol. The normalized spacial score (nSPS) is 10.2. The minimum atomic E-state index is -0.437. The Labute approximate surface area is 115 Å². The molecule has 19 heavy (non-hydrogen) atoms. The Kier molecular flexibility index (Phi) is 4.36. The maximum atomic E-state index is 11.7. The Balaban J connectivity index is 2.09. The number of alkyl halides is 1. The highest BCUT2D eigenvalue weighted by Gasteiger charge is 2.07. The summed E-state index contributed by atoms with van der Waals surface area (Å²) in [6.45, 7) is 0. The Morgan fingerprint density at radius 2 is 1.63 bits per heavy atom. The van der Waals surface area contributed by atoms with E-state index < -0.39 is 5.91 Å². The molecule has 0 heterocycles. The highest BCUT2D eigenvalue weighted by Crippen LogP contribution is 2.18. The molecule has 0 aliphatic rings. The molecule has 0 fully saturated rings. The number of hydrazine groups is 1. The van der Waals surface area contributed by atoms with Crippen molar-refractivity contribution in [2.24, 2.45) is 0 Å². The smallest absolute Gasteiger partial charge is 0.253 e. The predicted molar refractivity (Wildman–Crippen MR) is 74.7 cm³/mol. The lowest BCUT2D eigenvalue weighted by Gasteiger charge is -2.08. The zero-order chi connectivity index (χ0) is 13.7. The van der Waals surface area contributed by atoms with E-state index in [-0.39, 0.29) is 18.2 Å². The van der Waals surface area contributed by atoms with E-state index in [1.807, 2.05) is 42.5 Å². The van der Waals surface area contributed by atoms with Crippen LogP contribution in [0.5, 0.6) is 0 Å². The summed E-state index contributed by atoms with van der Waals surface area (Å²) < 4.78 is 0. The Bertz CT molecular complexity index is 608. The summed E-state index contributed by atoms with van der Waals surface area (Å²) in [5.41, 5.74) is 5.47. The van der Waals surface area contributed by atoms with Gasteiger partial charge in [0.25, 0.3) is 5.91 Å². The number of rotatable bonds is 3. The minimum absolute atomic E-state index is 0.186. The van der Waals surface area contributed by atoms with E-state index in [4.69, 9.17) is 11.6 Å². The number of nitrogens with one attached hydrogen (secondary N) is 2. The number of fused-ring (bicyclic) bond motifs is 1. The molecule has 0 aromatic heterocycles. The van der Waals surface area contributed by atoms with Crippen molar-refractivity contribution in [1.82, 2.24) is 10.9 Å². The van der Waals surface area contributed by atoms with Crippen molar-refractivity contribution >= 4 is 34.2 Å². The van der Waals surface area contributed by atoms with Gasteiger partial charge in [0.1, 0.15) is 5.88 Å². The van der Waals surface area contributed by atoms with Gasteiger partial charge in [-0.15, -0.1) is 11.6 Å². The van der Waals surface area contributed by atoms with E-state index in [9.17, 15) is 9.59 Å². The molecule has 0 saturated carbocycles. The van der Waals surface area contributed by atoms with Crippen LogP contribution in [0.2, 0.25) is 0 Å². The summed E-state index contributed by atoms with van der Waals surface area (Å²) >= 11 is 5.31. The van der Waals surface area contributed by atoms with Gasteiger partial charge in [-0.25, -0.2) is 0 Å². The third kappa shape index (κ3) is 3.45. The fourth-order valence-electron chi connectivity index (χ4n) is 1.84. The molecule has 0 atom stereocenters. The van der Waals surface area contributed by atoms with Crippen LogP contribution in [0.4, 0.5) is 0 Å². The number of carbonyl (C=O) groups is 2. The molecule has 0 bridgehead atoms. The van der Waals surface area contributed by atoms with Crippen molar-refractivity contribution in [2.45, 2.75) is 6.42 Å². The number of halogens is 1. The van der Waals surface area contributed by atoms with E-state index in [1.54, 1.807) is 0 Å². The third-order valence-corrected chi connectivity index (χ3v) is 2.94. The van der Waals surface area contributed by atoms with Crippen molar-refractivity contribution in [3.63, 3.8) is 0 Å². The second-order valence-corrected chi connectivity index (χ2v) is 4.31. The standard InChI is InChI=1S/C14H13ClN2O2/c15-9-14(19)17-16-13(18)8-11-6-3-5-10-4-1-2-7-12(10)11/h1-7H,8-9H2,(H,16,18)(H,17,19). The molecule has 5 heteroatoms. The van der Waals surface area contributed by atoms with Gasteiger partial charge in [-0.2, -0.15) is 0 Å². The Hall–Kier alpha value is -2.07. The monoisotopic (exact) mass is 276 g/mol. The largest absolute Gasteiger partial charge is 0.273 e. The van der Waals surface area contributed by atoms with E-state index in [2.05, 4.69) is 10.9 Å². The zero-order valence-corrected chi connectivity index (χ0v) is 10.9. The number of amides is 2. The fraction of sp³-hybridized carbons (Fsp3) is 0.143. The van der Waals surface area contributed by atoms with E-state index >= 15 is 0 Å². The molecule has 0 radical (unpaired) electrons. The van der Waals surface area contributed by atoms with E-state index in [1.165, 1.54) is 0 Å². The quantitative estimate of drug-likeness (QED) is 0.663. The molecule has 2 rings (SSSR count). The Morgan fingerprint density at radius 3 is 2.42 bits per heavy atom. The highest BCUT2D eigenvalue weighted by molar-refractivity contribution is 6.27. The number of carbonyl (C=O) groups excluding carboxylic acids is 2. The molecule has 0 aliphatic carbocycles. The van der Waals surface area contributed by atoms with Crippen molar-refractivity contribution < 1.29 is 9.59 Å². The van der Waals surface area contributed by atoms with Crippen LogP contribution >= 0.6 is 11.6 Å². The van der Waals surface area contributed by atoms with Crippen LogP contribution in [-0.4, -0.2) is 17.7 Å². The number of benzene rings is 2. The predicted octanol–water partition coefficient (Wildman–Crippen LogP) is 1.77. The SMILES string of the molecule is O=C(CCl)NNC(=O)Cc1cccc2ccccc12. The number of hydrogen-bond donors (Lipinski definition) is 2. The Morgan fingerprint density at radius 1 is 0.947 bits per heavy atom. The van der Waals surface area contributed by atoms with E-state index in [0.29, 0.717) is 0 Å². The van der Waals surface area contributed by atoms with E-state index in [0.717, 1.165) is 16.3 Å². The van der Waals surface area contributed by atoms with Crippen molar-refractivity contribution in [2.75, 3.05) is 5.88 Å². The minimum Gasteiger partial charge on any atom is -0.273 e. The molecule has 2 aromatic carbocycles. The second-order valence-electron chi connectivity index (χ2n) is 4.05. The van der Waals surface area contributed by atoms with Crippen LogP contribution < -0.4 is 10.9 Å². The molecule has 2 amide bonds. The van der Waals surface area contributed by atoms with Crippen LogP contribution in [0.25, 0.3) is 10.8 Å². The topological polar surface area (TPSA) is 58.2 Å². The highest BCUT2D eigenvalue weighted by atomic mass is 35.5. The van der Waals surface area contributed by atoms with Crippen molar-refractivity contribution in [1.29, 1.82) is 0 Å². The van der Waals surface area contributed by atoms with Crippen LogP contribution in [0, 0.1) is 0 Å². The van der Waals surface area contributed by atoms with Crippen LogP contribution in [0.1, 0.15) is 5.56 Å². The number of hydrogen-bond acceptors (Lipinski definition) is 2. The average Bonchev–Trinajstić information content (AvgIpc) is 2.45. The van der Waals surface area contributed by atoms with Crippen LogP contribution in [0.3, 0.4) is 0 Å². The molecule has 0 aliphatic heterocycles. The van der Waals surface area contributed by atoms with Gasteiger partial charge < -0.3 is 0 Å². The first-order valence-electron chi connectivity index (χ1n) is 5.81. The molecular formula is C14H13ClN2O2. The summed E-state index contributed by atoms with van der Waals surface area (Å²) in [7, 11) is 0. The molecule has 0 unspecified atom stereocenters. The lowest BCUT2D eigenvalue weighted by molar-refractivity contribution is -0.127. The first kappa shape index (κ1) is 13.4. The van der Waals surface area contributed by atoms with Gasteiger partial charge in [0, 0.05) is 0 Å². The lowest BCUT2D eigenvalue weighted by Crippen LogP contribution is -2.42. The molecule has 0 spiro atoms. The lowest BCUT2D eigenvalue weighted by atomic mass is 10.0. The first-order valence-corrected chi connectivity index (χ1v) is 6.34. The molecule has 0 saturated heterocycles. The van der Waals surface area contributed by atoms with Gasteiger partial charge >= 0.3 is 0 Å². The first-order chi connectivity index (χ1) is 9.20. The molecule has 2 N–H and O–H groups in total. The summed E-state index contributed by atoms with van der Waals surface area (Å²) in [6, 6.07) is 13.6. The molecule has 98 valence electrons. The maximum Gasteiger partial charge on any atom is 0.253 e. The van der Waals surface area contributed by atoms with Gasteiger partial charge in [0.2, 0.25) is 5.91 Å². The van der Waals surface area contributed by atoms with Crippen LogP contribution in [0.15, 0.2) is 42.5 Å². The fourth-order valence-corrected chi connectivity index (χ4v) is 1.90. The van der Waals surface area contributed by atoms with Crippen molar-refractivity contribution in [3.05, 3.63) is 48.0 Å². The zero-order valence-electron chi connectivity index (χ0n) is 10.2. The van der Waals surface area contributed by atoms with Gasteiger partial charge in [-0.1, -0.05) is 42.5 Å². The summed E-state index contributed by atoms with van der Waals surface area (Å²) in [4.78, 5) is 22.6. The maximum absolute atomic E-state index is 11.7. The van der Waals surface area contributed by atoms with Gasteiger partial charge in [0.15, 0.2) is 0 Å².